The number of amides is 1. The molecule has 6 rings (SSSR count). The Kier molecular flexibility index (Phi) is 58.9. The van der Waals surface area contributed by atoms with Gasteiger partial charge in [-0.15, -0.1) is 0 Å². The van der Waals surface area contributed by atoms with Gasteiger partial charge in [0.25, 0.3) is 0 Å². The van der Waals surface area contributed by atoms with Crippen LogP contribution in [0.2, 0.25) is 0 Å². The minimum Gasteiger partial charge on any atom is -0.494 e. The van der Waals surface area contributed by atoms with E-state index in [0.717, 1.165) is 110 Å². The molecule has 0 bridgehead atoms. The van der Waals surface area contributed by atoms with Gasteiger partial charge < -0.3 is 69.0 Å². The van der Waals surface area contributed by atoms with Crippen LogP contribution >= 0.6 is 22.6 Å². The number of halogens is 1. The Labute approximate surface area is 732 Å². The van der Waals surface area contributed by atoms with Crippen molar-refractivity contribution in [3.05, 3.63) is 119 Å². The molecule has 0 saturated heterocycles. The number of hydrogen-bond donors (Lipinski definition) is 5. The topological polar surface area (TPSA) is 334 Å². The van der Waals surface area contributed by atoms with Crippen LogP contribution in [0.15, 0.2) is 117 Å². The Morgan fingerprint density at radius 2 is 0.842 bits per heavy atom. The number of alkyl halides is 1. The summed E-state index contributed by atoms with van der Waals surface area (Å²) in [6.45, 7) is 35.8. The van der Waals surface area contributed by atoms with Crippen LogP contribution in [0.1, 0.15) is 274 Å². The second kappa shape index (κ2) is 65.5. The number of nitrogens with one attached hydrogen (secondary N) is 1. The fourth-order valence-electron chi connectivity index (χ4n) is 12.1. The molecule has 1 amide bonds. The maximum absolute atomic E-state index is 12.8. The molecule has 2 aliphatic rings. The average Bonchev–Trinajstić information content (AvgIpc) is 0.816. The van der Waals surface area contributed by atoms with Crippen molar-refractivity contribution in [3.8, 4) is 23.0 Å². The van der Waals surface area contributed by atoms with Crippen LogP contribution in [-0.2, 0) is 73.3 Å². The highest BCUT2D eigenvalue weighted by Gasteiger charge is 2.33. The number of aliphatic hydroxyl groups is 1. The number of carboxylic acids is 2. The summed E-state index contributed by atoms with van der Waals surface area (Å²) in [6, 6.07) is 28.7. The number of carboxylic acid groups (broad SMARTS) is 2. The lowest BCUT2D eigenvalue weighted by atomic mass is 9.99. The molecule has 0 saturated carbocycles. The molecule has 0 aliphatic carbocycles. The molecule has 25 heteroatoms. The van der Waals surface area contributed by atoms with Gasteiger partial charge in [0.15, 0.2) is 0 Å². The molecule has 0 aromatic heterocycles. The zero-order valence-electron chi connectivity index (χ0n) is 75.2. The standard InChI is InChI=1S/C27H42N2O4.C23H35NO6.C18H29NO4.C16H23IO2.C11H20N2O2/c1-6-9-10-11-18-33-23-16-13-21(14-17-23)12-15-22(30)19-24-26(31-7-2)29-25(20(4)5)27(28-24)32-8-3;1-5-6-7-8-15-29-19-13-10-17(11-14-19)9-12-18(25)16-20(21(26)27)24-22(28)30-23(2,3)4;1-2-3-4-5-12-23-16-10-7-14(8-11-16)6-9-15(20)13-17(19)18(21)22;1-2-3-4-5-12-19-16-10-7-14(8-11-16)6-9-15(18)13-17;1-5-14-9-7-12-11(15-6-2)10(13-9)8(3)4/h13-14,16-17,20,24-25H,6-12,15,18-19H2,1-5H3;10-11,13-14,20H,5-9,12,15-16H2,1-4H3,(H,24,28)(H,26,27);7-8,10-11,15,17,20H,2-6,9,12-13,19H2,1H3,(H,21,22);7-8,10-11H,2-6,9,12-13H2,1H3;8,10H,5-7H2,1-4H3. The number of nitrogens with two attached hydrogens (primary N) is 1. The smallest absolute Gasteiger partial charge is 0.408 e. The van der Waals surface area contributed by atoms with Crippen LogP contribution in [0.25, 0.3) is 0 Å². The molecule has 120 heavy (non-hydrogen) atoms. The van der Waals surface area contributed by atoms with Gasteiger partial charge in [-0.1, -0.05) is 204 Å². The summed E-state index contributed by atoms with van der Waals surface area (Å²) < 4.78 is 50.9. The van der Waals surface area contributed by atoms with Crippen molar-refractivity contribution in [1.29, 1.82) is 0 Å². The number of hydrogen-bond acceptors (Lipinski definition) is 21. The van der Waals surface area contributed by atoms with Crippen molar-refractivity contribution in [2.24, 2.45) is 37.5 Å². The number of aliphatic carboxylic acids is 2. The zero-order chi connectivity index (χ0) is 88.9. The lowest BCUT2D eigenvalue weighted by Gasteiger charge is -2.28. The van der Waals surface area contributed by atoms with Gasteiger partial charge in [0, 0.05) is 32.1 Å². The number of carbonyl (C=O) groups excluding carboxylic acids is 4. The molecule has 6 N–H and O–H groups in total. The van der Waals surface area contributed by atoms with Gasteiger partial charge in [-0.3, -0.25) is 19.2 Å². The van der Waals surface area contributed by atoms with Gasteiger partial charge in [-0.25, -0.2) is 29.6 Å². The Balaban J connectivity index is 0.000000521. The summed E-state index contributed by atoms with van der Waals surface area (Å²) in [7, 11) is 0. The quantitative estimate of drug-likeness (QED) is 0.0156. The molecule has 4 aromatic rings. The monoisotopic (exact) mass is 1790 g/mol. The van der Waals surface area contributed by atoms with Gasteiger partial charge in [0.05, 0.1) is 63.4 Å². The highest BCUT2D eigenvalue weighted by atomic mass is 127. The molecule has 6 unspecified atom stereocenters. The summed E-state index contributed by atoms with van der Waals surface area (Å²) >= 11 is 2.12. The van der Waals surface area contributed by atoms with Gasteiger partial charge in [0.2, 0.25) is 23.6 Å². The van der Waals surface area contributed by atoms with E-state index in [0.29, 0.717) is 106 Å². The Hall–Kier alpha value is -8.17. The molecule has 2 heterocycles. The lowest BCUT2D eigenvalue weighted by Crippen LogP contribution is -2.44. The molecule has 6 atom stereocenters. The number of nitrogens with zero attached hydrogens (tertiary/aromatic N) is 4. The van der Waals surface area contributed by atoms with E-state index in [2.05, 4.69) is 105 Å². The number of aliphatic imine (C=N–C) groups is 4. The predicted molar refractivity (Wildman–Crippen MR) is 490 cm³/mol. The highest BCUT2D eigenvalue weighted by Crippen LogP contribution is 2.24. The number of unbranched alkanes of at least 4 members (excludes halogenated alkanes) is 12. The van der Waals surface area contributed by atoms with Gasteiger partial charge in [0.1, 0.15) is 82.7 Å². The maximum Gasteiger partial charge on any atom is 0.408 e. The molecule has 2 aliphatic heterocycles. The van der Waals surface area contributed by atoms with E-state index >= 15 is 0 Å². The van der Waals surface area contributed by atoms with Crippen molar-refractivity contribution in [3.63, 3.8) is 0 Å². The fraction of sp³-hybridized carbons (Fsp3) is 0.642. The van der Waals surface area contributed by atoms with E-state index in [1.54, 1.807) is 20.8 Å². The molecular weight excluding hydrogens is 1640 g/mol. The van der Waals surface area contributed by atoms with Crippen molar-refractivity contribution in [2.45, 2.75) is 319 Å². The second-order valence-electron chi connectivity index (χ2n) is 31.5. The molecule has 0 fully saturated rings. The minimum absolute atomic E-state index is 0.0141. The SMILES string of the molecule is CCCCCCOc1ccc(CCC(=O)CC(NC(=O)OC(C)(C)C)C(=O)O)cc1.CCCCCCOc1ccc(CCC(=O)CC2N=C(OCC)C(C(C)C)N=C2OCC)cc1.CCCCCCOc1ccc(CCC(=O)CI)cc1.CCCCCCOc1ccc(CCC(O)CC(N)C(=O)O)cc1.CCOC1=NC(C(C)C)C(OCC)=NC1. The third kappa shape index (κ3) is 50.9. The van der Waals surface area contributed by atoms with E-state index < -0.39 is 47.9 Å². The average molecular weight is 1790 g/mol. The summed E-state index contributed by atoms with van der Waals surface area (Å²) in [5.74, 6) is 4.60. The number of ketones is 3. The second-order valence-corrected chi connectivity index (χ2v) is 32.3. The first-order chi connectivity index (χ1) is 57.5. The van der Waals surface area contributed by atoms with Crippen molar-refractivity contribution < 1.29 is 86.7 Å². The summed E-state index contributed by atoms with van der Waals surface area (Å²) in [6.07, 6.45) is 22.0. The molecular formula is C95H149IN6O18. The molecule has 24 nitrogen and oxygen atoms in total. The van der Waals surface area contributed by atoms with Crippen LogP contribution in [0.4, 0.5) is 4.79 Å². The Morgan fingerprint density at radius 3 is 1.21 bits per heavy atom. The molecule has 0 spiro atoms. The molecule has 0 radical (unpaired) electrons. The highest BCUT2D eigenvalue weighted by molar-refractivity contribution is 14.1. The minimum atomic E-state index is -1.31. The number of benzene rings is 4. The lowest BCUT2D eigenvalue weighted by molar-refractivity contribution is -0.141. The van der Waals surface area contributed by atoms with Gasteiger partial charge in [-0.05, 0) is 195 Å². The molecule has 674 valence electrons. The number of carbonyl (C=O) groups is 6. The van der Waals surface area contributed by atoms with E-state index in [9.17, 15) is 39.0 Å². The van der Waals surface area contributed by atoms with Crippen molar-refractivity contribution in [1.82, 2.24) is 5.32 Å². The first kappa shape index (κ1) is 108. The number of ether oxygens (including phenoxy) is 9. The summed E-state index contributed by atoms with van der Waals surface area (Å²) in [5.41, 5.74) is 9.05. The zero-order valence-corrected chi connectivity index (χ0v) is 77.4. The van der Waals surface area contributed by atoms with Crippen LogP contribution < -0.4 is 30.0 Å². The van der Waals surface area contributed by atoms with Gasteiger partial charge in [-0.2, -0.15) is 0 Å². The van der Waals surface area contributed by atoms with Crippen LogP contribution in [0.5, 0.6) is 23.0 Å². The number of aryl methyl sites for hydroxylation is 4. The number of aliphatic hydroxyl groups excluding tert-OH is 1. The summed E-state index contributed by atoms with van der Waals surface area (Å²) in [4.78, 5) is 88.3. The first-order valence-corrected chi connectivity index (χ1v) is 45.7. The number of Topliss-reactive ketones (excluding diaryl/α,β-unsaturated/α-hetero) is 3. The van der Waals surface area contributed by atoms with Gasteiger partial charge >= 0.3 is 18.0 Å². The van der Waals surface area contributed by atoms with Crippen molar-refractivity contribution in [2.75, 3.05) is 63.8 Å². The first-order valence-electron chi connectivity index (χ1n) is 44.2. The van der Waals surface area contributed by atoms with E-state index in [1.807, 2.05) is 113 Å². The van der Waals surface area contributed by atoms with Crippen LogP contribution in [-0.4, -0.2) is 180 Å². The van der Waals surface area contributed by atoms with E-state index in [4.69, 9.17) is 63.5 Å². The third-order valence-electron chi connectivity index (χ3n) is 18.9. The van der Waals surface area contributed by atoms with Crippen LogP contribution in [0, 0.1) is 11.8 Å². The normalized spacial score (nSPS) is 14.8. The maximum atomic E-state index is 12.8. The van der Waals surface area contributed by atoms with Crippen molar-refractivity contribution >= 4 is 81.6 Å². The number of alkyl carbamates (subject to hydrolysis) is 1. The largest absolute Gasteiger partial charge is 0.494 e. The summed E-state index contributed by atoms with van der Waals surface area (Å²) in [5, 5.41) is 30.0. The predicted octanol–water partition coefficient (Wildman–Crippen LogP) is 19.5. The van der Waals surface area contributed by atoms with E-state index in [1.165, 1.54) is 76.2 Å². The fourth-order valence-corrected chi connectivity index (χ4v) is 12.5. The number of rotatable bonds is 52. The van der Waals surface area contributed by atoms with E-state index in [-0.39, 0.29) is 55.3 Å². The Bertz CT molecular complexity index is 3570. The molecule has 4 aromatic carbocycles. The Morgan fingerprint density at radius 1 is 0.467 bits per heavy atom. The van der Waals surface area contributed by atoms with Crippen LogP contribution in [0.3, 0.4) is 0 Å². The third-order valence-corrected chi connectivity index (χ3v) is 19.7.